The number of carbonyl (C=O) groups is 5. The van der Waals surface area contributed by atoms with Gasteiger partial charge in [-0.3, -0.25) is 19.2 Å². The number of hydrogen-bond donors (Lipinski definition) is 7. The summed E-state index contributed by atoms with van der Waals surface area (Å²) in [5.74, 6) is -5.26. The fraction of sp³-hybridized carbons (Fsp3) is 0.737. The predicted molar refractivity (Wildman–Crippen MR) is 116 cm³/mol. The van der Waals surface area contributed by atoms with Gasteiger partial charge in [-0.2, -0.15) is 12.6 Å². The van der Waals surface area contributed by atoms with Crippen molar-refractivity contribution in [3.63, 3.8) is 0 Å². The molecular formula is C19H34N4O7S. The Balaban J connectivity index is 5.36. The van der Waals surface area contributed by atoms with Gasteiger partial charge >= 0.3 is 11.9 Å². The van der Waals surface area contributed by atoms with Gasteiger partial charge in [-0.15, -0.1) is 0 Å². The first-order valence-electron chi connectivity index (χ1n) is 10.1. The molecule has 0 aromatic carbocycles. The number of amides is 3. The van der Waals surface area contributed by atoms with Gasteiger partial charge in [-0.25, -0.2) is 4.79 Å². The van der Waals surface area contributed by atoms with Gasteiger partial charge in [0.05, 0.1) is 6.04 Å². The Hall–Kier alpha value is -2.34. The SMILES string of the molecule is CCC(C)C(N)C(=O)NC(CS)C(=O)NC(CCC(=O)O)C(=O)NC(C(=O)O)C(C)C. The molecule has 0 saturated heterocycles. The monoisotopic (exact) mass is 462 g/mol. The molecule has 0 aliphatic heterocycles. The lowest BCUT2D eigenvalue weighted by atomic mass is 9.99. The van der Waals surface area contributed by atoms with Crippen LogP contribution in [0.15, 0.2) is 0 Å². The molecule has 0 heterocycles. The Morgan fingerprint density at radius 2 is 1.42 bits per heavy atom. The maximum Gasteiger partial charge on any atom is 0.326 e. The minimum absolute atomic E-state index is 0.0954. The van der Waals surface area contributed by atoms with Gasteiger partial charge < -0.3 is 31.9 Å². The largest absolute Gasteiger partial charge is 0.481 e. The molecule has 31 heavy (non-hydrogen) atoms. The highest BCUT2D eigenvalue weighted by molar-refractivity contribution is 7.80. The second kappa shape index (κ2) is 13.9. The van der Waals surface area contributed by atoms with Gasteiger partial charge in [-0.05, 0) is 18.3 Å². The lowest BCUT2D eigenvalue weighted by molar-refractivity contribution is -0.144. The van der Waals surface area contributed by atoms with E-state index in [4.69, 9.17) is 10.8 Å². The molecule has 0 radical (unpaired) electrons. The van der Waals surface area contributed by atoms with E-state index in [2.05, 4.69) is 28.6 Å². The van der Waals surface area contributed by atoms with Gasteiger partial charge in [0.25, 0.3) is 0 Å². The van der Waals surface area contributed by atoms with Crippen LogP contribution in [0.5, 0.6) is 0 Å². The van der Waals surface area contributed by atoms with Crippen LogP contribution in [0.3, 0.4) is 0 Å². The maximum atomic E-state index is 12.6. The number of nitrogens with two attached hydrogens (primary N) is 1. The molecule has 0 aliphatic carbocycles. The molecule has 12 heteroatoms. The van der Waals surface area contributed by atoms with Gasteiger partial charge in [0, 0.05) is 12.2 Å². The number of hydrogen-bond acceptors (Lipinski definition) is 7. The first kappa shape index (κ1) is 28.7. The topological polar surface area (TPSA) is 188 Å². The zero-order valence-corrected chi connectivity index (χ0v) is 19.1. The van der Waals surface area contributed by atoms with Crippen molar-refractivity contribution in [2.24, 2.45) is 17.6 Å². The quantitative estimate of drug-likeness (QED) is 0.166. The summed E-state index contributed by atoms with van der Waals surface area (Å²) in [6.07, 6.45) is -0.0457. The molecular weight excluding hydrogens is 428 g/mol. The molecule has 0 rings (SSSR count). The summed E-state index contributed by atoms with van der Waals surface area (Å²) in [5.41, 5.74) is 5.86. The predicted octanol–water partition coefficient (Wildman–Crippen LogP) is -0.651. The van der Waals surface area contributed by atoms with Crippen molar-refractivity contribution in [2.75, 3.05) is 5.75 Å². The molecule has 178 valence electrons. The van der Waals surface area contributed by atoms with E-state index >= 15 is 0 Å². The number of carbonyl (C=O) groups excluding carboxylic acids is 3. The van der Waals surface area contributed by atoms with Crippen molar-refractivity contribution < 1.29 is 34.2 Å². The first-order valence-corrected chi connectivity index (χ1v) is 10.7. The molecule has 0 spiro atoms. The van der Waals surface area contributed by atoms with Crippen LogP contribution < -0.4 is 21.7 Å². The Morgan fingerprint density at radius 3 is 1.84 bits per heavy atom. The lowest BCUT2D eigenvalue weighted by Gasteiger charge is -2.26. The van der Waals surface area contributed by atoms with E-state index in [1.165, 1.54) is 0 Å². The summed E-state index contributed by atoms with van der Waals surface area (Å²) >= 11 is 4.05. The molecule has 11 nitrogen and oxygen atoms in total. The third-order valence-electron chi connectivity index (χ3n) is 4.89. The maximum absolute atomic E-state index is 12.6. The summed E-state index contributed by atoms with van der Waals surface area (Å²) in [6, 6.07) is -4.49. The molecule has 0 bridgehead atoms. The van der Waals surface area contributed by atoms with Gasteiger partial charge in [0.1, 0.15) is 18.1 Å². The highest BCUT2D eigenvalue weighted by Crippen LogP contribution is 2.07. The summed E-state index contributed by atoms with van der Waals surface area (Å²) < 4.78 is 0. The second-order valence-electron chi connectivity index (χ2n) is 7.72. The molecule has 0 saturated carbocycles. The van der Waals surface area contributed by atoms with Crippen LogP contribution in [0.4, 0.5) is 0 Å². The number of nitrogens with one attached hydrogen (secondary N) is 3. The fourth-order valence-electron chi connectivity index (χ4n) is 2.55. The smallest absolute Gasteiger partial charge is 0.326 e. The van der Waals surface area contributed by atoms with Gasteiger partial charge in [0.2, 0.25) is 17.7 Å². The molecule has 0 aromatic rings. The van der Waals surface area contributed by atoms with Gasteiger partial charge in [-0.1, -0.05) is 34.1 Å². The Kier molecular flexibility index (Phi) is 12.8. The van der Waals surface area contributed by atoms with Crippen LogP contribution in [-0.4, -0.2) is 69.8 Å². The van der Waals surface area contributed by atoms with Crippen LogP contribution in [0, 0.1) is 11.8 Å². The van der Waals surface area contributed by atoms with Crippen molar-refractivity contribution in [1.82, 2.24) is 16.0 Å². The van der Waals surface area contributed by atoms with Crippen LogP contribution in [0.25, 0.3) is 0 Å². The number of rotatable bonds is 14. The third-order valence-corrected chi connectivity index (χ3v) is 5.25. The summed E-state index contributed by atoms with van der Waals surface area (Å²) in [4.78, 5) is 59.7. The van der Waals surface area contributed by atoms with Crippen LogP contribution in [-0.2, 0) is 24.0 Å². The molecule has 3 amide bonds. The molecule has 0 aromatic heterocycles. The number of carboxylic acids is 2. The normalized spacial score (nSPS) is 15.8. The number of aliphatic carboxylic acids is 2. The molecule has 5 unspecified atom stereocenters. The van der Waals surface area contributed by atoms with Gasteiger partial charge in [0.15, 0.2) is 0 Å². The minimum atomic E-state index is -1.31. The van der Waals surface area contributed by atoms with Crippen LogP contribution >= 0.6 is 12.6 Å². The minimum Gasteiger partial charge on any atom is -0.481 e. The molecule has 0 fully saturated rings. The summed E-state index contributed by atoms with van der Waals surface area (Å²) in [6.45, 7) is 6.85. The number of carboxylic acid groups (broad SMARTS) is 2. The summed E-state index contributed by atoms with van der Waals surface area (Å²) in [7, 11) is 0. The molecule has 7 N–H and O–H groups in total. The standard InChI is InChI=1S/C19H34N4O7S/c1-5-10(4)14(20)18(28)22-12(8-31)17(27)21-11(6-7-13(24)25)16(26)23-15(9(2)3)19(29)30/h9-12,14-15,31H,5-8,20H2,1-4H3,(H,21,27)(H,22,28)(H,23,26)(H,24,25)(H,29,30). The zero-order chi connectivity index (χ0) is 24.3. The van der Waals surface area contributed by atoms with Crippen molar-refractivity contribution in [2.45, 2.75) is 71.1 Å². The van der Waals surface area contributed by atoms with Crippen molar-refractivity contribution in [3.05, 3.63) is 0 Å². The van der Waals surface area contributed by atoms with Crippen LogP contribution in [0.2, 0.25) is 0 Å². The first-order chi connectivity index (χ1) is 14.3. The van der Waals surface area contributed by atoms with E-state index in [1.54, 1.807) is 20.8 Å². The fourth-order valence-corrected chi connectivity index (χ4v) is 2.81. The van der Waals surface area contributed by atoms with Crippen molar-refractivity contribution >= 4 is 42.3 Å². The lowest BCUT2D eigenvalue weighted by Crippen LogP contribution is -2.58. The van der Waals surface area contributed by atoms with Crippen molar-refractivity contribution in [1.29, 1.82) is 0 Å². The highest BCUT2D eigenvalue weighted by atomic mass is 32.1. The molecule has 0 aliphatic rings. The van der Waals surface area contributed by atoms with Crippen molar-refractivity contribution in [3.8, 4) is 0 Å². The van der Waals surface area contributed by atoms with E-state index in [-0.39, 0.29) is 18.1 Å². The average Bonchev–Trinajstić information content (AvgIpc) is 2.70. The van der Waals surface area contributed by atoms with E-state index in [9.17, 15) is 29.1 Å². The Morgan fingerprint density at radius 1 is 0.903 bits per heavy atom. The zero-order valence-electron chi connectivity index (χ0n) is 18.3. The molecule has 5 atom stereocenters. The Bertz CT molecular complexity index is 659. The summed E-state index contributed by atoms with van der Waals surface area (Å²) in [5, 5.41) is 25.3. The third kappa shape index (κ3) is 10.0. The number of thiol groups is 1. The van der Waals surface area contributed by atoms with E-state index in [0.717, 1.165) is 0 Å². The van der Waals surface area contributed by atoms with E-state index < -0.39 is 66.2 Å². The average molecular weight is 463 g/mol. The van der Waals surface area contributed by atoms with E-state index in [1.807, 2.05) is 6.92 Å². The van der Waals surface area contributed by atoms with Crippen LogP contribution in [0.1, 0.15) is 47.0 Å². The highest BCUT2D eigenvalue weighted by Gasteiger charge is 2.31. The van der Waals surface area contributed by atoms with E-state index in [0.29, 0.717) is 6.42 Å². The second-order valence-corrected chi connectivity index (χ2v) is 8.08. The Labute approximate surface area is 187 Å².